The molecule has 0 amide bonds. The Morgan fingerprint density at radius 2 is 2.50 bits per heavy atom. The molecule has 0 unspecified atom stereocenters. The molecule has 1 aromatic heterocycles. The van der Waals surface area contributed by atoms with E-state index in [4.69, 9.17) is 0 Å². The third-order valence-electron chi connectivity index (χ3n) is 1.53. The molecule has 0 bridgehead atoms. The summed E-state index contributed by atoms with van der Waals surface area (Å²) in [5, 5.41) is 9.96. The van der Waals surface area contributed by atoms with Crippen molar-refractivity contribution in [2.24, 2.45) is 0 Å². The average Bonchev–Trinajstić information content (AvgIpc) is 2.48. The number of aromatic nitrogens is 1. The van der Waals surface area contributed by atoms with Crippen molar-refractivity contribution in [2.75, 3.05) is 0 Å². The van der Waals surface area contributed by atoms with Gasteiger partial charge in [0.25, 0.3) is 0 Å². The third kappa shape index (κ3) is 2.23. The van der Waals surface area contributed by atoms with Gasteiger partial charge in [0.15, 0.2) is 0 Å². The normalized spacial score (nSPS) is 10.8. The third-order valence-corrected chi connectivity index (χ3v) is 1.53. The van der Waals surface area contributed by atoms with Crippen molar-refractivity contribution in [2.45, 2.75) is 13.5 Å². The van der Waals surface area contributed by atoms with Gasteiger partial charge >= 0.3 is 0 Å². The Bertz CT molecular complexity index is 302. The van der Waals surface area contributed by atoms with E-state index in [1.54, 1.807) is 0 Å². The summed E-state index contributed by atoms with van der Waals surface area (Å²) in [6.45, 7) is 2.90. The van der Waals surface area contributed by atoms with E-state index in [1.165, 1.54) is 6.08 Å². The van der Waals surface area contributed by atoms with Gasteiger partial charge in [0.1, 0.15) is 0 Å². The molecule has 1 aromatic rings. The van der Waals surface area contributed by atoms with E-state index in [0.29, 0.717) is 0 Å². The van der Waals surface area contributed by atoms with Crippen molar-refractivity contribution in [3.8, 4) is 0 Å². The molecule has 0 saturated carbocycles. The molecule has 0 spiro atoms. The van der Waals surface area contributed by atoms with Crippen LogP contribution in [0.2, 0.25) is 0 Å². The lowest BCUT2D eigenvalue weighted by Crippen LogP contribution is -1.86. The molecule has 64 valence electrons. The van der Waals surface area contributed by atoms with E-state index in [0.717, 1.165) is 18.3 Å². The first kappa shape index (κ1) is 8.52. The van der Waals surface area contributed by atoms with Crippen LogP contribution < -0.4 is 0 Å². The zero-order valence-corrected chi connectivity index (χ0v) is 6.80. The van der Waals surface area contributed by atoms with Crippen molar-refractivity contribution in [1.82, 2.24) is 4.57 Å². The Morgan fingerprint density at radius 1 is 1.75 bits per heavy atom. The highest BCUT2D eigenvalue weighted by atomic mass is 16.6. The molecule has 0 N–H and O–H groups in total. The highest BCUT2D eigenvalue weighted by Gasteiger charge is 1.92. The van der Waals surface area contributed by atoms with E-state index >= 15 is 0 Å². The predicted molar refractivity (Wildman–Crippen MR) is 46.1 cm³/mol. The van der Waals surface area contributed by atoms with Gasteiger partial charge in [-0.2, -0.15) is 0 Å². The minimum atomic E-state index is -0.469. The van der Waals surface area contributed by atoms with Crippen LogP contribution in [0.3, 0.4) is 0 Å². The lowest BCUT2D eigenvalue weighted by atomic mass is 10.3. The molecule has 1 heterocycles. The van der Waals surface area contributed by atoms with E-state index < -0.39 is 4.92 Å². The lowest BCUT2D eigenvalue weighted by Gasteiger charge is -1.91. The summed E-state index contributed by atoms with van der Waals surface area (Å²) in [6.07, 6.45) is 6.17. The van der Waals surface area contributed by atoms with Crippen LogP contribution in [0, 0.1) is 10.1 Å². The van der Waals surface area contributed by atoms with Gasteiger partial charge in [-0.1, -0.05) is 0 Å². The topological polar surface area (TPSA) is 48.1 Å². The zero-order valence-electron chi connectivity index (χ0n) is 6.80. The van der Waals surface area contributed by atoms with Crippen LogP contribution in [0.1, 0.15) is 12.5 Å². The molecule has 0 radical (unpaired) electrons. The summed E-state index contributed by atoms with van der Waals surface area (Å²) >= 11 is 0. The molecular weight excluding hydrogens is 156 g/mol. The SMILES string of the molecule is CCn1ccc(C=C[N+](=O)[O-])c1. The summed E-state index contributed by atoms with van der Waals surface area (Å²) in [4.78, 5) is 9.49. The molecule has 4 heteroatoms. The van der Waals surface area contributed by atoms with Gasteiger partial charge in [0, 0.05) is 25.0 Å². The molecule has 0 aliphatic carbocycles. The number of hydrogen-bond donors (Lipinski definition) is 0. The monoisotopic (exact) mass is 166 g/mol. The quantitative estimate of drug-likeness (QED) is 0.507. The fourth-order valence-corrected chi connectivity index (χ4v) is 0.902. The van der Waals surface area contributed by atoms with Gasteiger partial charge in [0.2, 0.25) is 6.20 Å². The summed E-state index contributed by atoms with van der Waals surface area (Å²) < 4.78 is 1.96. The Balaban J connectivity index is 2.70. The van der Waals surface area contributed by atoms with Gasteiger partial charge in [-0.3, -0.25) is 10.1 Å². The molecule has 0 saturated heterocycles. The zero-order chi connectivity index (χ0) is 8.97. The van der Waals surface area contributed by atoms with Crippen LogP contribution in [-0.2, 0) is 6.54 Å². The first-order chi connectivity index (χ1) is 5.72. The Labute approximate surface area is 70.3 Å². The molecule has 0 fully saturated rings. The second kappa shape index (κ2) is 3.71. The molecule has 1 rings (SSSR count). The van der Waals surface area contributed by atoms with Crippen molar-refractivity contribution in [3.63, 3.8) is 0 Å². The summed E-state index contributed by atoms with van der Waals surface area (Å²) in [5.74, 6) is 0. The van der Waals surface area contributed by atoms with E-state index in [-0.39, 0.29) is 0 Å². The molecule has 0 atom stereocenters. The number of hydrogen-bond acceptors (Lipinski definition) is 2. The second-order valence-electron chi connectivity index (χ2n) is 2.38. The first-order valence-corrected chi connectivity index (χ1v) is 3.70. The highest BCUT2D eigenvalue weighted by molar-refractivity contribution is 5.46. The summed E-state index contributed by atoms with van der Waals surface area (Å²) in [5.41, 5.74) is 0.855. The standard InChI is InChI=1S/C8H10N2O2/c1-2-9-5-3-8(7-9)4-6-10(11)12/h3-7H,2H2,1H3. The minimum absolute atomic E-state index is 0.469. The van der Waals surface area contributed by atoms with Crippen LogP contribution in [0.5, 0.6) is 0 Å². The predicted octanol–water partition coefficient (Wildman–Crippen LogP) is 1.76. The molecule has 0 aliphatic rings. The largest absolute Gasteiger partial charge is 0.354 e. The Morgan fingerprint density at radius 3 is 3.00 bits per heavy atom. The van der Waals surface area contributed by atoms with Gasteiger partial charge in [-0.25, -0.2) is 0 Å². The summed E-state index contributed by atoms with van der Waals surface area (Å²) in [7, 11) is 0. The summed E-state index contributed by atoms with van der Waals surface area (Å²) in [6, 6.07) is 1.84. The lowest BCUT2D eigenvalue weighted by molar-refractivity contribution is -0.400. The van der Waals surface area contributed by atoms with Crippen LogP contribution in [-0.4, -0.2) is 9.49 Å². The molecule has 0 aliphatic heterocycles. The number of rotatable bonds is 3. The van der Waals surface area contributed by atoms with Crippen LogP contribution in [0.4, 0.5) is 0 Å². The average molecular weight is 166 g/mol. The number of aryl methyl sites for hydroxylation is 1. The van der Waals surface area contributed by atoms with Crippen molar-refractivity contribution < 1.29 is 4.92 Å². The maximum Gasteiger partial charge on any atom is 0.235 e. The van der Waals surface area contributed by atoms with Crippen LogP contribution in [0.15, 0.2) is 24.7 Å². The second-order valence-corrected chi connectivity index (χ2v) is 2.38. The maximum atomic E-state index is 9.96. The Kier molecular flexibility index (Phi) is 2.63. The van der Waals surface area contributed by atoms with Crippen LogP contribution >= 0.6 is 0 Å². The van der Waals surface area contributed by atoms with Gasteiger partial charge in [0.05, 0.1) is 4.92 Å². The number of nitro groups is 1. The number of nitrogens with zero attached hydrogens (tertiary/aromatic N) is 2. The van der Waals surface area contributed by atoms with Crippen LogP contribution in [0.25, 0.3) is 6.08 Å². The Hall–Kier alpha value is -1.58. The smallest absolute Gasteiger partial charge is 0.235 e. The molecule has 4 nitrogen and oxygen atoms in total. The molecular formula is C8H10N2O2. The van der Waals surface area contributed by atoms with Gasteiger partial charge in [-0.05, 0) is 18.6 Å². The van der Waals surface area contributed by atoms with Gasteiger partial charge in [-0.15, -0.1) is 0 Å². The molecule has 0 aromatic carbocycles. The van der Waals surface area contributed by atoms with E-state index in [9.17, 15) is 10.1 Å². The maximum absolute atomic E-state index is 9.96. The van der Waals surface area contributed by atoms with Gasteiger partial charge < -0.3 is 4.57 Å². The van der Waals surface area contributed by atoms with Crippen molar-refractivity contribution >= 4 is 6.08 Å². The minimum Gasteiger partial charge on any atom is -0.354 e. The van der Waals surface area contributed by atoms with E-state index in [1.807, 2.05) is 30.0 Å². The van der Waals surface area contributed by atoms with Crippen molar-refractivity contribution in [1.29, 1.82) is 0 Å². The molecule has 12 heavy (non-hydrogen) atoms. The van der Waals surface area contributed by atoms with E-state index in [2.05, 4.69) is 0 Å². The van der Waals surface area contributed by atoms with Crippen molar-refractivity contribution in [3.05, 3.63) is 40.3 Å². The highest BCUT2D eigenvalue weighted by Crippen LogP contribution is 2.03. The fourth-order valence-electron chi connectivity index (χ4n) is 0.902. The first-order valence-electron chi connectivity index (χ1n) is 3.70. The fraction of sp³-hybridized carbons (Fsp3) is 0.250.